The lowest BCUT2D eigenvalue weighted by atomic mass is 10.1. The molecular formula is C20H27N5O2. The Bertz CT molecular complexity index is 747. The maximum Gasteiger partial charge on any atom is 0.413 e. The summed E-state index contributed by atoms with van der Waals surface area (Å²) < 4.78 is 5.19. The molecule has 0 aliphatic carbocycles. The predicted octanol–water partition coefficient (Wildman–Crippen LogP) is 4.56. The van der Waals surface area contributed by atoms with Crippen LogP contribution in [-0.4, -0.2) is 35.0 Å². The summed E-state index contributed by atoms with van der Waals surface area (Å²) in [5.74, 6) is 0.950. The van der Waals surface area contributed by atoms with Gasteiger partial charge in [0.2, 0.25) is 0 Å². The standard InChI is InChI=1S/C20H27N5O2/c1-20(2,3)27-19(26)22-18-12-11-17(23-24-18)21-15-7-9-16(10-8-15)25-13-5-4-6-14-25/h7-12H,4-6,13-14H2,1-3H3,(H,21,23)(H,22,24,26). The minimum absolute atomic E-state index is 0.343. The van der Waals surface area contributed by atoms with E-state index in [2.05, 4.69) is 37.9 Å². The Kier molecular flexibility index (Phi) is 5.78. The number of piperidine rings is 1. The van der Waals surface area contributed by atoms with Crippen molar-refractivity contribution in [3.05, 3.63) is 36.4 Å². The molecule has 27 heavy (non-hydrogen) atoms. The van der Waals surface area contributed by atoms with Crippen molar-refractivity contribution in [2.24, 2.45) is 0 Å². The smallest absolute Gasteiger partial charge is 0.413 e. The minimum Gasteiger partial charge on any atom is -0.444 e. The van der Waals surface area contributed by atoms with E-state index in [9.17, 15) is 4.79 Å². The largest absolute Gasteiger partial charge is 0.444 e. The van der Waals surface area contributed by atoms with Gasteiger partial charge in [-0.3, -0.25) is 5.32 Å². The molecule has 144 valence electrons. The number of anilines is 4. The fraction of sp³-hybridized carbons (Fsp3) is 0.450. The molecule has 0 saturated carbocycles. The Balaban J connectivity index is 1.55. The van der Waals surface area contributed by atoms with Crippen LogP contribution in [0.1, 0.15) is 40.0 Å². The molecule has 0 atom stereocenters. The van der Waals surface area contributed by atoms with Crippen molar-refractivity contribution in [1.82, 2.24) is 10.2 Å². The molecule has 0 bridgehead atoms. The molecule has 1 fully saturated rings. The van der Waals surface area contributed by atoms with Crippen LogP contribution in [0.25, 0.3) is 0 Å². The predicted molar refractivity (Wildman–Crippen MR) is 108 cm³/mol. The van der Waals surface area contributed by atoms with Gasteiger partial charge in [-0.05, 0) is 76.4 Å². The highest BCUT2D eigenvalue weighted by Gasteiger charge is 2.16. The molecular weight excluding hydrogens is 342 g/mol. The van der Waals surface area contributed by atoms with Crippen LogP contribution in [0.4, 0.5) is 27.8 Å². The van der Waals surface area contributed by atoms with Gasteiger partial charge in [-0.15, -0.1) is 10.2 Å². The molecule has 0 spiro atoms. The van der Waals surface area contributed by atoms with Crippen molar-refractivity contribution in [2.45, 2.75) is 45.6 Å². The lowest BCUT2D eigenvalue weighted by Gasteiger charge is -2.28. The van der Waals surface area contributed by atoms with E-state index in [1.807, 2.05) is 32.9 Å². The second kappa shape index (κ2) is 8.24. The van der Waals surface area contributed by atoms with Crippen molar-refractivity contribution >= 4 is 29.1 Å². The van der Waals surface area contributed by atoms with Gasteiger partial charge in [0.05, 0.1) is 0 Å². The van der Waals surface area contributed by atoms with Crippen LogP contribution in [0, 0.1) is 0 Å². The SMILES string of the molecule is CC(C)(C)OC(=O)Nc1ccc(Nc2ccc(N3CCCCC3)cc2)nn1. The summed E-state index contributed by atoms with van der Waals surface area (Å²) in [5.41, 5.74) is 1.64. The van der Waals surface area contributed by atoms with E-state index in [1.165, 1.54) is 24.9 Å². The molecule has 7 nitrogen and oxygen atoms in total. The molecule has 1 saturated heterocycles. The Labute approximate surface area is 160 Å². The highest BCUT2D eigenvalue weighted by molar-refractivity contribution is 5.83. The number of hydrogen-bond donors (Lipinski definition) is 2. The zero-order chi connectivity index (χ0) is 19.3. The first-order valence-corrected chi connectivity index (χ1v) is 9.35. The van der Waals surface area contributed by atoms with Crippen LogP contribution in [0.2, 0.25) is 0 Å². The number of carbonyl (C=O) groups is 1. The summed E-state index contributed by atoms with van der Waals surface area (Å²) in [4.78, 5) is 14.2. The van der Waals surface area contributed by atoms with Gasteiger partial charge in [0.15, 0.2) is 11.6 Å². The first-order chi connectivity index (χ1) is 12.9. The Morgan fingerprint density at radius 2 is 1.59 bits per heavy atom. The molecule has 2 heterocycles. The van der Waals surface area contributed by atoms with E-state index >= 15 is 0 Å². The summed E-state index contributed by atoms with van der Waals surface area (Å²) in [5, 5.41) is 13.9. The molecule has 2 N–H and O–H groups in total. The van der Waals surface area contributed by atoms with Crippen LogP contribution in [0.3, 0.4) is 0 Å². The Morgan fingerprint density at radius 1 is 0.963 bits per heavy atom. The highest BCUT2D eigenvalue weighted by atomic mass is 16.6. The fourth-order valence-corrected chi connectivity index (χ4v) is 2.93. The average Bonchev–Trinajstić information content (AvgIpc) is 2.63. The van der Waals surface area contributed by atoms with Gasteiger partial charge < -0.3 is 15.0 Å². The van der Waals surface area contributed by atoms with Gasteiger partial charge in [-0.1, -0.05) is 0 Å². The minimum atomic E-state index is -0.556. The number of amides is 1. The maximum atomic E-state index is 11.7. The number of ether oxygens (including phenoxy) is 1. The maximum absolute atomic E-state index is 11.7. The zero-order valence-corrected chi connectivity index (χ0v) is 16.2. The second-order valence-corrected chi connectivity index (χ2v) is 7.65. The number of rotatable bonds is 4. The molecule has 7 heteroatoms. The van der Waals surface area contributed by atoms with Crippen molar-refractivity contribution < 1.29 is 9.53 Å². The third-order valence-corrected chi connectivity index (χ3v) is 4.15. The highest BCUT2D eigenvalue weighted by Crippen LogP contribution is 2.23. The number of nitrogens with one attached hydrogen (secondary N) is 2. The molecule has 1 aliphatic heterocycles. The van der Waals surface area contributed by atoms with E-state index < -0.39 is 11.7 Å². The Morgan fingerprint density at radius 3 is 2.19 bits per heavy atom. The monoisotopic (exact) mass is 369 g/mol. The van der Waals surface area contributed by atoms with Gasteiger partial charge in [-0.25, -0.2) is 4.79 Å². The van der Waals surface area contributed by atoms with Gasteiger partial charge in [-0.2, -0.15) is 0 Å². The number of hydrogen-bond acceptors (Lipinski definition) is 6. The van der Waals surface area contributed by atoms with Crippen molar-refractivity contribution in [3.8, 4) is 0 Å². The third-order valence-electron chi connectivity index (χ3n) is 4.15. The second-order valence-electron chi connectivity index (χ2n) is 7.65. The lowest BCUT2D eigenvalue weighted by Crippen LogP contribution is -2.29. The first-order valence-electron chi connectivity index (χ1n) is 9.35. The molecule has 0 radical (unpaired) electrons. The molecule has 1 aromatic carbocycles. The van der Waals surface area contributed by atoms with Crippen LogP contribution in [0.15, 0.2) is 36.4 Å². The first kappa shape index (κ1) is 18.9. The van der Waals surface area contributed by atoms with Crippen LogP contribution in [0.5, 0.6) is 0 Å². The van der Waals surface area contributed by atoms with Gasteiger partial charge in [0.25, 0.3) is 0 Å². The van der Waals surface area contributed by atoms with Gasteiger partial charge in [0, 0.05) is 24.5 Å². The quantitative estimate of drug-likeness (QED) is 0.823. The molecule has 2 aromatic rings. The van der Waals surface area contributed by atoms with E-state index in [-0.39, 0.29) is 0 Å². The van der Waals surface area contributed by atoms with Crippen molar-refractivity contribution in [2.75, 3.05) is 28.6 Å². The van der Waals surface area contributed by atoms with E-state index in [4.69, 9.17) is 4.74 Å². The molecule has 1 amide bonds. The Hall–Kier alpha value is -2.83. The third kappa shape index (κ3) is 5.84. The summed E-state index contributed by atoms with van der Waals surface area (Å²) >= 11 is 0. The summed E-state index contributed by atoms with van der Waals surface area (Å²) in [6.07, 6.45) is 3.30. The summed E-state index contributed by atoms with van der Waals surface area (Å²) in [7, 11) is 0. The summed E-state index contributed by atoms with van der Waals surface area (Å²) in [6, 6.07) is 11.8. The van der Waals surface area contributed by atoms with Gasteiger partial charge in [0.1, 0.15) is 5.60 Å². The fourth-order valence-electron chi connectivity index (χ4n) is 2.93. The lowest BCUT2D eigenvalue weighted by molar-refractivity contribution is 0.0635. The average molecular weight is 369 g/mol. The van der Waals surface area contributed by atoms with E-state index in [0.29, 0.717) is 11.6 Å². The number of nitrogens with zero attached hydrogens (tertiary/aromatic N) is 3. The molecule has 1 aromatic heterocycles. The number of benzene rings is 1. The number of carbonyl (C=O) groups excluding carboxylic acids is 1. The molecule has 1 aliphatic rings. The van der Waals surface area contributed by atoms with E-state index in [0.717, 1.165) is 18.8 Å². The van der Waals surface area contributed by atoms with Crippen LogP contribution >= 0.6 is 0 Å². The van der Waals surface area contributed by atoms with Crippen LogP contribution in [-0.2, 0) is 4.74 Å². The van der Waals surface area contributed by atoms with Crippen LogP contribution < -0.4 is 15.5 Å². The van der Waals surface area contributed by atoms with Crippen molar-refractivity contribution in [1.29, 1.82) is 0 Å². The zero-order valence-electron chi connectivity index (χ0n) is 16.2. The topological polar surface area (TPSA) is 79.4 Å². The molecule has 0 unspecified atom stereocenters. The number of aromatic nitrogens is 2. The van der Waals surface area contributed by atoms with E-state index in [1.54, 1.807) is 12.1 Å². The normalized spacial score (nSPS) is 14.6. The van der Waals surface area contributed by atoms with Crippen molar-refractivity contribution in [3.63, 3.8) is 0 Å². The molecule has 3 rings (SSSR count). The van der Waals surface area contributed by atoms with Gasteiger partial charge >= 0.3 is 6.09 Å². The summed E-state index contributed by atoms with van der Waals surface area (Å²) in [6.45, 7) is 7.68.